The van der Waals surface area contributed by atoms with Crippen molar-refractivity contribution >= 4 is 17.9 Å². The molecule has 2 aliphatic rings. The Morgan fingerprint density at radius 3 is 2.81 bits per heavy atom. The maximum Gasteiger partial charge on any atom is 0.370 e. The highest BCUT2D eigenvalue weighted by atomic mass is 19.1. The van der Waals surface area contributed by atoms with E-state index in [-0.39, 0.29) is 13.2 Å². The molecule has 2 heterocycles. The lowest BCUT2D eigenvalue weighted by Gasteiger charge is -2.27. The largest absolute Gasteiger partial charge is 0.462 e. The molecule has 0 spiro atoms. The molecule has 0 aliphatic carbocycles. The van der Waals surface area contributed by atoms with Gasteiger partial charge in [0.2, 0.25) is 5.91 Å². The number of carbonyl (C=O) groups is 3. The summed E-state index contributed by atoms with van der Waals surface area (Å²) in [6, 6.07) is -2.19. The van der Waals surface area contributed by atoms with Crippen molar-refractivity contribution in [1.29, 1.82) is 0 Å². The lowest BCUT2D eigenvalue weighted by Crippen LogP contribution is -2.48. The Balaban J connectivity index is 2.13. The Kier molecular flexibility index (Phi) is 4.12. The van der Waals surface area contributed by atoms with Crippen LogP contribution in [0, 0.1) is 0 Å². The minimum Gasteiger partial charge on any atom is -0.462 e. The summed E-state index contributed by atoms with van der Waals surface area (Å²) in [5, 5.41) is 0.730. The third-order valence-corrected chi connectivity index (χ3v) is 3.26. The van der Waals surface area contributed by atoms with Gasteiger partial charge >= 0.3 is 18.4 Å². The number of esters is 1. The van der Waals surface area contributed by atoms with Crippen LogP contribution in [0.4, 0.5) is 9.18 Å². The van der Waals surface area contributed by atoms with Crippen molar-refractivity contribution in [3.8, 4) is 0 Å². The lowest BCUT2D eigenvalue weighted by molar-refractivity contribution is -0.223. The summed E-state index contributed by atoms with van der Waals surface area (Å²) in [5.74, 6) is -1.89. The summed E-state index contributed by atoms with van der Waals surface area (Å²) in [6.45, 7) is 3.30. The molecule has 0 aromatic carbocycles. The van der Waals surface area contributed by atoms with E-state index in [1.54, 1.807) is 13.0 Å². The number of fused-ring (bicyclic) bond motifs is 2. The fourth-order valence-corrected chi connectivity index (χ4v) is 2.45. The fourth-order valence-electron chi connectivity index (χ4n) is 2.45. The summed E-state index contributed by atoms with van der Waals surface area (Å²) in [6.07, 6.45) is -0.815. The van der Waals surface area contributed by atoms with Gasteiger partial charge in [-0.15, -0.1) is 0 Å². The molecule has 2 aliphatic heterocycles. The van der Waals surface area contributed by atoms with E-state index >= 15 is 0 Å². The smallest absolute Gasteiger partial charge is 0.370 e. The molecule has 9 heteroatoms. The number of ether oxygens (including phenoxy) is 1. The van der Waals surface area contributed by atoms with E-state index in [0.717, 1.165) is 5.06 Å². The first kappa shape index (κ1) is 15.2. The molecule has 3 atom stereocenters. The molecule has 1 saturated heterocycles. The van der Waals surface area contributed by atoms with E-state index in [0.29, 0.717) is 5.57 Å². The van der Waals surface area contributed by atoms with Gasteiger partial charge in [0.1, 0.15) is 6.04 Å². The van der Waals surface area contributed by atoms with Crippen LogP contribution in [-0.4, -0.2) is 59.5 Å². The molecule has 0 saturated carbocycles. The highest BCUT2D eigenvalue weighted by molar-refractivity contribution is 5.90. The number of urea groups is 1. The zero-order valence-corrected chi connectivity index (χ0v) is 11.6. The first-order chi connectivity index (χ1) is 9.86. The van der Waals surface area contributed by atoms with Crippen LogP contribution in [-0.2, 0) is 19.2 Å². The van der Waals surface area contributed by atoms with Crippen LogP contribution >= 0.6 is 0 Å². The average molecular weight is 301 g/mol. The topological polar surface area (TPSA) is 102 Å². The molecule has 3 amide bonds. The van der Waals surface area contributed by atoms with Gasteiger partial charge in [-0.3, -0.25) is 4.79 Å². The van der Waals surface area contributed by atoms with E-state index in [1.165, 1.54) is 11.8 Å². The Morgan fingerprint density at radius 2 is 2.24 bits per heavy atom. The van der Waals surface area contributed by atoms with Gasteiger partial charge in [-0.25, -0.2) is 18.8 Å². The van der Waals surface area contributed by atoms with Crippen LogP contribution in [0.1, 0.15) is 13.8 Å². The third-order valence-electron chi connectivity index (χ3n) is 3.26. The van der Waals surface area contributed by atoms with E-state index in [4.69, 9.17) is 10.6 Å². The maximum absolute atomic E-state index is 13.6. The molecule has 21 heavy (non-hydrogen) atoms. The Labute approximate surface area is 120 Å². The van der Waals surface area contributed by atoms with Gasteiger partial charge in [0.25, 0.3) is 0 Å². The molecule has 116 valence electrons. The maximum atomic E-state index is 13.6. The van der Waals surface area contributed by atoms with E-state index in [9.17, 15) is 18.8 Å². The zero-order valence-electron chi connectivity index (χ0n) is 11.6. The normalized spacial score (nSPS) is 25.7. The van der Waals surface area contributed by atoms with Crippen LogP contribution in [0.5, 0.6) is 0 Å². The Bertz CT molecular complexity index is 509. The summed E-state index contributed by atoms with van der Waals surface area (Å²) in [7, 11) is 0. The quantitative estimate of drug-likeness (QED) is 0.554. The fraction of sp³-hybridized carbons (Fsp3) is 0.583. The number of hydrogen-bond acceptors (Lipinski definition) is 5. The molecule has 1 unspecified atom stereocenters. The number of primary amides is 1. The minimum absolute atomic E-state index is 0.00509. The van der Waals surface area contributed by atoms with Crippen molar-refractivity contribution in [2.75, 3.05) is 13.2 Å². The predicted molar refractivity (Wildman–Crippen MR) is 67.1 cm³/mol. The van der Waals surface area contributed by atoms with E-state index in [1.807, 2.05) is 0 Å². The van der Waals surface area contributed by atoms with Crippen LogP contribution in [0.3, 0.4) is 0 Å². The molecule has 2 N–H and O–H groups in total. The van der Waals surface area contributed by atoms with E-state index in [2.05, 4.69) is 4.74 Å². The van der Waals surface area contributed by atoms with Gasteiger partial charge in [-0.05, 0) is 19.4 Å². The van der Waals surface area contributed by atoms with Crippen LogP contribution in [0.2, 0.25) is 0 Å². The molecule has 2 rings (SSSR count). The Morgan fingerprint density at radius 1 is 1.57 bits per heavy atom. The number of hydrogen-bond donors (Lipinski definition) is 1. The number of nitrogens with zero attached hydrogens (tertiary/aromatic N) is 2. The molecular formula is C12H16FN3O5. The van der Waals surface area contributed by atoms with Gasteiger partial charge < -0.3 is 15.4 Å². The van der Waals surface area contributed by atoms with Crippen molar-refractivity contribution in [2.24, 2.45) is 5.73 Å². The minimum atomic E-state index is -2.41. The average Bonchev–Trinajstić information content (AvgIpc) is 2.64. The predicted octanol–water partition coefficient (Wildman–Crippen LogP) is -0.303. The second-order valence-electron chi connectivity index (χ2n) is 4.72. The second-order valence-corrected chi connectivity index (χ2v) is 4.72. The molecule has 1 fully saturated rings. The number of hydroxylamine groups is 2. The van der Waals surface area contributed by atoms with Crippen LogP contribution in [0.15, 0.2) is 11.6 Å². The first-order valence-electron chi connectivity index (χ1n) is 6.41. The third kappa shape index (κ3) is 2.68. The first-order valence-corrected chi connectivity index (χ1v) is 6.41. The monoisotopic (exact) mass is 301 g/mol. The number of carbonyl (C=O) groups excluding carboxylic acids is 3. The van der Waals surface area contributed by atoms with Crippen molar-refractivity contribution in [1.82, 2.24) is 9.96 Å². The van der Waals surface area contributed by atoms with Crippen LogP contribution < -0.4 is 5.73 Å². The summed E-state index contributed by atoms with van der Waals surface area (Å²) >= 11 is 0. The van der Waals surface area contributed by atoms with Crippen molar-refractivity contribution in [2.45, 2.75) is 32.3 Å². The van der Waals surface area contributed by atoms with Gasteiger partial charge in [-0.1, -0.05) is 6.08 Å². The molecule has 8 nitrogen and oxygen atoms in total. The summed E-state index contributed by atoms with van der Waals surface area (Å²) in [5.41, 5.74) is 5.83. The van der Waals surface area contributed by atoms with Gasteiger partial charge in [0.05, 0.1) is 19.2 Å². The van der Waals surface area contributed by atoms with E-state index < -0.39 is 36.3 Å². The number of nitrogens with two attached hydrogens (primary N) is 1. The van der Waals surface area contributed by atoms with Gasteiger partial charge in [0.15, 0.2) is 0 Å². The highest BCUT2D eigenvalue weighted by Crippen LogP contribution is 2.29. The van der Waals surface area contributed by atoms with Gasteiger partial charge in [0, 0.05) is 0 Å². The highest BCUT2D eigenvalue weighted by Gasteiger charge is 2.48. The lowest BCUT2D eigenvalue weighted by atomic mass is 10.0. The molecule has 0 aromatic rings. The number of amides is 3. The number of halogens is 1. The second kappa shape index (κ2) is 5.68. The number of rotatable bonds is 5. The van der Waals surface area contributed by atoms with Crippen LogP contribution in [0.25, 0.3) is 0 Å². The van der Waals surface area contributed by atoms with Crippen molar-refractivity contribution in [3.63, 3.8) is 0 Å². The van der Waals surface area contributed by atoms with Crippen molar-refractivity contribution in [3.05, 3.63) is 11.6 Å². The van der Waals surface area contributed by atoms with Crippen molar-refractivity contribution < 1.29 is 28.3 Å². The molecule has 0 aromatic heterocycles. The standard InChI is InChI=1S/C12H16FN3O5/c1-3-20-11(18)9(13)21-16-7-4-6(2)8(10(14)17)15(5-7)12(16)19/h4,7-9H,3,5H2,1-2H3,(H2,14,17)/t7-,8+,9?/m1/s1. The summed E-state index contributed by atoms with van der Waals surface area (Å²) in [4.78, 5) is 40.6. The van der Waals surface area contributed by atoms with Gasteiger partial charge in [-0.2, -0.15) is 5.06 Å². The molecule has 2 bridgehead atoms. The number of alkyl halides is 1. The summed E-state index contributed by atoms with van der Waals surface area (Å²) < 4.78 is 18.1. The zero-order chi connectivity index (χ0) is 15.7. The molecular weight excluding hydrogens is 285 g/mol. The molecule has 0 radical (unpaired) electrons. The SMILES string of the molecule is CCOC(=O)C(F)ON1C(=O)N2C[C@H]1C=C(C)[C@H]2C(N)=O. The Hall–Kier alpha value is -2.16.